The number of piperidine rings is 1. The van der Waals surface area contributed by atoms with E-state index >= 15 is 0 Å². The van der Waals surface area contributed by atoms with E-state index < -0.39 is 42.3 Å². The van der Waals surface area contributed by atoms with Gasteiger partial charge in [0.15, 0.2) is 0 Å². The zero-order valence-electron chi connectivity index (χ0n) is 13.8. The lowest BCUT2D eigenvalue weighted by Crippen LogP contribution is -2.28. The van der Waals surface area contributed by atoms with E-state index in [-0.39, 0.29) is 5.56 Å². The van der Waals surface area contributed by atoms with Crippen LogP contribution in [0.5, 0.6) is 0 Å². The summed E-state index contributed by atoms with van der Waals surface area (Å²) in [6.07, 6.45) is -0.913. The Labute approximate surface area is 92.8 Å². The lowest BCUT2D eigenvalue weighted by atomic mass is 9.91. The van der Waals surface area contributed by atoms with Gasteiger partial charge in [0.1, 0.15) is 5.82 Å². The van der Waals surface area contributed by atoms with Gasteiger partial charge in [0.2, 0.25) is 0 Å². The predicted octanol–water partition coefficient (Wildman–Crippen LogP) is 2.37. The Morgan fingerprint density at radius 3 is 2.64 bits per heavy atom. The van der Waals surface area contributed by atoms with Crippen LogP contribution in [0, 0.1) is 11.7 Å². The Balaban J connectivity index is 2.56. The van der Waals surface area contributed by atoms with E-state index in [4.69, 9.17) is 8.22 Å². The minimum absolute atomic E-state index is 0.333. The summed E-state index contributed by atoms with van der Waals surface area (Å²) in [6, 6.07) is -2.85. The van der Waals surface area contributed by atoms with Gasteiger partial charge in [0, 0.05) is 2.74 Å². The van der Waals surface area contributed by atoms with Crippen LogP contribution < -0.4 is 5.32 Å². The van der Waals surface area contributed by atoms with E-state index in [1.165, 1.54) is 0 Å². The molecule has 1 nitrogen and oxygen atoms in total. The van der Waals surface area contributed by atoms with E-state index in [1.54, 1.807) is 0 Å². The summed E-state index contributed by atoms with van der Waals surface area (Å²) in [5.74, 6) is -1.63. The summed E-state index contributed by atoms with van der Waals surface area (Å²) in [5.41, 5.74) is -0.333. The van der Waals surface area contributed by atoms with Crippen LogP contribution in [0.4, 0.5) is 4.39 Å². The first-order valence-corrected chi connectivity index (χ1v) is 4.75. The van der Waals surface area contributed by atoms with Gasteiger partial charge in [-0.1, -0.05) is 12.1 Å². The Morgan fingerprint density at radius 1 is 1.36 bits per heavy atom. The first-order valence-electron chi connectivity index (χ1n) is 7.75. The van der Waals surface area contributed by atoms with Crippen LogP contribution in [-0.4, -0.2) is 13.1 Å². The molecule has 0 saturated carbocycles. The number of hydrogen-bond acceptors (Lipinski definition) is 1. The summed E-state index contributed by atoms with van der Waals surface area (Å²) in [5, 5.41) is 3.10. The fraction of sp³-hybridized carbons (Fsp3) is 0.500. The highest BCUT2D eigenvalue weighted by Gasteiger charge is 2.13. The topological polar surface area (TPSA) is 12.0 Å². The van der Waals surface area contributed by atoms with E-state index in [1.807, 2.05) is 0 Å². The number of hydrogen-bond donors (Lipinski definition) is 1. The van der Waals surface area contributed by atoms with Crippen molar-refractivity contribution in [1.29, 1.82) is 0 Å². The van der Waals surface area contributed by atoms with Gasteiger partial charge in [-0.15, -0.1) is 0 Å². The molecule has 14 heavy (non-hydrogen) atoms. The Bertz CT molecular complexity index is 498. The highest BCUT2D eigenvalue weighted by atomic mass is 19.1. The molecule has 0 atom stereocenters. The van der Waals surface area contributed by atoms with Crippen LogP contribution >= 0.6 is 0 Å². The third-order valence-electron chi connectivity index (χ3n) is 2.28. The third-order valence-corrected chi connectivity index (χ3v) is 2.28. The van der Waals surface area contributed by atoms with Gasteiger partial charge < -0.3 is 5.32 Å². The molecular formula is C12H16FN. The molecule has 1 heterocycles. The van der Waals surface area contributed by atoms with Gasteiger partial charge in [-0.2, -0.15) is 0 Å². The van der Waals surface area contributed by atoms with Gasteiger partial charge in [-0.3, -0.25) is 0 Å². The smallest absolute Gasteiger partial charge is 0.123 e. The normalized spacial score (nSPS) is 25.5. The Kier molecular flexibility index (Phi) is 1.55. The summed E-state index contributed by atoms with van der Waals surface area (Å²) in [7, 11) is 0. The minimum atomic E-state index is -2.00. The maximum absolute atomic E-state index is 13.5. The number of nitrogens with one attached hydrogen (secondary N) is 1. The standard InChI is InChI=1S/C12H16FN/c13-12-3-1-10(2-4-12)9-11-5-7-14-8-6-11/h1-4,11,14H,5-9H2/i1D,2D,3D,4D,9D2. The molecule has 0 bridgehead atoms. The van der Waals surface area contributed by atoms with Crippen molar-refractivity contribution in [3.8, 4) is 0 Å². The molecule has 1 N–H and O–H groups in total. The van der Waals surface area contributed by atoms with Crippen molar-refractivity contribution in [2.45, 2.75) is 19.2 Å². The SMILES string of the molecule is [2H]c1c([2H])c(C([2H])([2H])C2CCNCC2)c([2H])c([2H])c1F. The summed E-state index contributed by atoms with van der Waals surface area (Å²) >= 11 is 0. The molecule has 2 heteroatoms. The average molecular weight is 199 g/mol. The summed E-state index contributed by atoms with van der Waals surface area (Å²) in [6.45, 7) is 1.29. The first kappa shape index (κ1) is 4.75. The maximum atomic E-state index is 13.5. The average Bonchev–Trinajstić information content (AvgIpc) is 2.44. The van der Waals surface area contributed by atoms with Gasteiger partial charge in [-0.25, -0.2) is 4.39 Å². The molecule has 0 spiro atoms. The number of rotatable bonds is 2. The zero-order valence-corrected chi connectivity index (χ0v) is 7.78. The lowest BCUT2D eigenvalue weighted by Gasteiger charge is -2.22. The molecule has 76 valence electrons. The quantitative estimate of drug-likeness (QED) is 0.771. The number of halogens is 1. The molecule has 1 aromatic carbocycles. The summed E-state index contributed by atoms with van der Waals surface area (Å²) < 4.78 is 60.4. The van der Waals surface area contributed by atoms with E-state index in [0.717, 1.165) is 0 Å². The highest BCUT2D eigenvalue weighted by Crippen LogP contribution is 2.17. The second kappa shape index (κ2) is 4.56. The van der Waals surface area contributed by atoms with Crippen LogP contribution in [0.15, 0.2) is 24.2 Å². The monoisotopic (exact) mass is 199 g/mol. The van der Waals surface area contributed by atoms with Crippen molar-refractivity contribution in [2.24, 2.45) is 5.92 Å². The second-order valence-corrected chi connectivity index (χ2v) is 3.36. The largest absolute Gasteiger partial charge is 0.317 e. The minimum Gasteiger partial charge on any atom is -0.317 e. The molecule has 0 unspecified atom stereocenters. The molecule has 2 rings (SSSR count). The number of benzene rings is 1. The molecule has 1 aliphatic heterocycles. The van der Waals surface area contributed by atoms with E-state index in [9.17, 15) is 4.39 Å². The van der Waals surface area contributed by atoms with Crippen molar-refractivity contribution < 1.29 is 12.6 Å². The molecule has 0 radical (unpaired) electrons. The predicted molar refractivity (Wildman–Crippen MR) is 55.7 cm³/mol. The van der Waals surface area contributed by atoms with Crippen LogP contribution in [0.2, 0.25) is 0 Å². The lowest BCUT2D eigenvalue weighted by molar-refractivity contribution is 0.372. The fourth-order valence-corrected chi connectivity index (χ4v) is 1.54. The highest BCUT2D eigenvalue weighted by molar-refractivity contribution is 5.16. The molecule has 1 fully saturated rings. The molecule has 0 amide bonds. The Morgan fingerprint density at radius 2 is 2.00 bits per heavy atom. The molecule has 1 aromatic rings. The molecule has 1 aliphatic rings. The zero-order chi connectivity index (χ0) is 15.1. The van der Waals surface area contributed by atoms with Gasteiger partial charge in [-0.05, 0) is 55.9 Å². The second-order valence-electron chi connectivity index (χ2n) is 3.36. The van der Waals surface area contributed by atoms with Gasteiger partial charge >= 0.3 is 0 Å². The van der Waals surface area contributed by atoms with Crippen molar-refractivity contribution >= 4 is 0 Å². The molecular weight excluding hydrogens is 177 g/mol. The fourth-order valence-electron chi connectivity index (χ4n) is 1.54. The molecule has 0 aliphatic carbocycles. The first-order chi connectivity index (χ1) is 9.28. The van der Waals surface area contributed by atoms with Crippen LogP contribution in [-0.2, 0) is 6.37 Å². The molecule has 1 saturated heterocycles. The van der Waals surface area contributed by atoms with Crippen molar-refractivity contribution in [3.05, 3.63) is 35.6 Å². The van der Waals surface area contributed by atoms with E-state index in [2.05, 4.69) is 5.32 Å². The van der Waals surface area contributed by atoms with Crippen molar-refractivity contribution in [1.82, 2.24) is 5.32 Å². The third kappa shape index (κ3) is 2.55. The maximum Gasteiger partial charge on any atom is 0.123 e. The van der Waals surface area contributed by atoms with Gasteiger partial charge in [0.25, 0.3) is 0 Å². The van der Waals surface area contributed by atoms with Crippen molar-refractivity contribution in [2.75, 3.05) is 13.1 Å². The summed E-state index contributed by atoms with van der Waals surface area (Å²) in [4.78, 5) is 0. The Hall–Kier alpha value is -0.890. The van der Waals surface area contributed by atoms with Crippen LogP contribution in [0.1, 0.15) is 26.6 Å². The van der Waals surface area contributed by atoms with E-state index in [0.29, 0.717) is 25.9 Å². The van der Waals surface area contributed by atoms with Gasteiger partial charge in [0.05, 0.1) is 5.48 Å². The molecule has 0 aromatic heterocycles. The van der Waals surface area contributed by atoms with Crippen molar-refractivity contribution in [3.63, 3.8) is 0 Å². The van der Waals surface area contributed by atoms with Crippen LogP contribution in [0.25, 0.3) is 0 Å². The van der Waals surface area contributed by atoms with Crippen LogP contribution in [0.3, 0.4) is 0 Å².